The van der Waals surface area contributed by atoms with Gasteiger partial charge in [0.1, 0.15) is 11.2 Å². The van der Waals surface area contributed by atoms with Gasteiger partial charge >= 0.3 is 0 Å². The molecule has 0 fully saturated rings. The van der Waals surface area contributed by atoms with E-state index in [1.165, 1.54) is 59.9 Å². The van der Waals surface area contributed by atoms with E-state index >= 15 is 0 Å². The first-order valence-corrected chi connectivity index (χ1v) is 19.5. The average Bonchev–Trinajstić information content (AvgIpc) is 3.83. The summed E-state index contributed by atoms with van der Waals surface area (Å²) in [6.07, 6.45) is 0. The van der Waals surface area contributed by atoms with E-state index in [1.54, 1.807) is 0 Å². The Labute approximate surface area is 328 Å². The molecule has 2 aromatic heterocycles. The second-order valence-electron chi connectivity index (χ2n) is 14.9. The highest BCUT2D eigenvalue weighted by molar-refractivity contribution is 6.21. The van der Waals surface area contributed by atoms with Crippen LogP contribution in [0.3, 0.4) is 0 Å². The molecule has 0 atom stereocenters. The van der Waals surface area contributed by atoms with E-state index in [9.17, 15) is 0 Å². The Hall–Kier alpha value is -7.62. The van der Waals surface area contributed by atoms with E-state index in [-0.39, 0.29) is 0 Å². The normalized spacial score (nSPS) is 11.9. The predicted octanol–water partition coefficient (Wildman–Crippen LogP) is 15.3. The standard InChI is InChI=1S/C54H34N2O/c1-2-15-39(16-3-1)55-48-22-11-10-21-45(48)47-33-37(28-32-49(47)55)35-25-29-40(30-26-35)56(51-34-38-14-5-6-17-41(38)43-19-8-9-20-44(43)51)50-23-12-24-52-53(50)46-31-27-36-13-4-7-18-42(36)54(46)57-52/h1-34H. The maximum atomic E-state index is 6.73. The summed E-state index contributed by atoms with van der Waals surface area (Å²) in [7, 11) is 0. The fourth-order valence-corrected chi connectivity index (χ4v) is 9.16. The van der Waals surface area contributed by atoms with Gasteiger partial charge in [0, 0.05) is 38.3 Å². The summed E-state index contributed by atoms with van der Waals surface area (Å²) in [5.74, 6) is 0. The summed E-state index contributed by atoms with van der Waals surface area (Å²) < 4.78 is 9.10. The maximum absolute atomic E-state index is 6.73. The molecule has 0 radical (unpaired) electrons. The number of furan rings is 1. The zero-order valence-electron chi connectivity index (χ0n) is 30.9. The van der Waals surface area contributed by atoms with Crippen LogP contribution < -0.4 is 4.90 Å². The summed E-state index contributed by atoms with van der Waals surface area (Å²) in [5.41, 5.74) is 11.0. The van der Waals surface area contributed by atoms with Crippen LogP contribution in [0.15, 0.2) is 211 Å². The van der Waals surface area contributed by atoms with Crippen LogP contribution in [-0.4, -0.2) is 4.57 Å². The third-order valence-corrected chi connectivity index (χ3v) is 11.7. The topological polar surface area (TPSA) is 21.3 Å². The Morgan fingerprint density at radius 3 is 1.88 bits per heavy atom. The molecule has 0 N–H and O–H groups in total. The van der Waals surface area contributed by atoms with Gasteiger partial charge in [-0.25, -0.2) is 0 Å². The van der Waals surface area contributed by atoms with Gasteiger partial charge in [-0.15, -0.1) is 0 Å². The van der Waals surface area contributed by atoms with Crippen molar-refractivity contribution in [2.45, 2.75) is 0 Å². The van der Waals surface area contributed by atoms with E-state index in [2.05, 4.69) is 216 Å². The van der Waals surface area contributed by atoms with Gasteiger partial charge in [-0.3, -0.25) is 0 Å². The molecule has 0 saturated carbocycles. The number of hydrogen-bond acceptors (Lipinski definition) is 2. The van der Waals surface area contributed by atoms with Crippen molar-refractivity contribution in [1.29, 1.82) is 0 Å². The lowest BCUT2D eigenvalue weighted by molar-refractivity contribution is 0.672. The Morgan fingerprint density at radius 1 is 0.368 bits per heavy atom. The number of benzene rings is 10. The number of anilines is 3. The van der Waals surface area contributed by atoms with E-state index in [1.807, 2.05) is 0 Å². The molecule has 0 bridgehead atoms. The Balaban J connectivity index is 1.07. The molecule has 0 unspecified atom stereocenters. The Morgan fingerprint density at radius 2 is 1.04 bits per heavy atom. The fraction of sp³-hybridized carbons (Fsp3) is 0. The molecule has 3 nitrogen and oxygen atoms in total. The highest BCUT2D eigenvalue weighted by atomic mass is 16.3. The second-order valence-corrected chi connectivity index (χ2v) is 14.9. The zero-order chi connectivity index (χ0) is 37.5. The largest absolute Gasteiger partial charge is 0.455 e. The van der Waals surface area contributed by atoms with Crippen LogP contribution in [0.5, 0.6) is 0 Å². The van der Waals surface area contributed by atoms with Gasteiger partial charge in [-0.2, -0.15) is 0 Å². The molecule has 0 aliphatic heterocycles. The first-order chi connectivity index (χ1) is 28.3. The highest BCUT2D eigenvalue weighted by Crippen LogP contribution is 2.47. The molecule has 0 spiro atoms. The van der Waals surface area contributed by atoms with Crippen molar-refractivity contribution in [3.05, 3.63) is 206 Å². The molecule has 0 aliphatic rings. The minimum atomic E-state index is 0.869. The summed E-state index contributed by atoms with van der Waals surface area (Å²) in [6, 6.07) is 74.5. The average molecular weight is 727 g/mol. The third kappa shape index (κ3) is 4.86. The number of hydrogen-bond donors (Lipinski definition) is 0. The van der Waals surface area contributed by atoms with Crippen LogP contribution >= 0.6 is 0 Å². The molecular formula is C54H34N2O. The minimum absolute atomic E-state index is 0.869. The van der Waals surface area contributed by atoms with Gasteiger partial charge in [0.05, 0.1) is 27.8 Å². The van der Waals surface area contributed by atoms with Gasteiger partial charge in [0.25, 0.3) is 0 Å². The summed E-state index contributed by atoms with van der Waals surface area (Å²) in [4.78, 5) is 2.43. The van der Waals surface area contributed by atoms with Crippen LogP contribution in [0, 0.1) is 0 Å². The van der Waals surface area contributed by atoms with Crippen molar-refractivity contribution >= 4 is 93.1 Å². The van der Waals surface area contributed by atoms with Crippen molar-refractivity contribution in [3.8, 4) is 16.8 Å². The summed E-state index contributed by atoms with van der Waals surface area (Å²) >= 11 is 0. The number of aromatic nitrogens is 1. The van der Waals surface area contributed by atoms with Gasteiger partial charge in [-0.1, -0.05) is 140 Å². The number of para-hydroxylation sites is 2. The maximum Gasteiger partial charge on any atom is 0.143 e. The smallest absolute Gasteiger partial charge is 0.143 e. The third-order valence-electron chi connectivity index (χ3n) is 11.7. The van der Waals surface area contributed by atoms with Crippen LogP contribution in [0.1, 0.15) is 0 Å². The molecular weight excluding hydrogens is 693 g/mol. The summed E-state index contributed by atoms with van der Waals surface area (Å²) in [5, 5.41) is 11.8. The number of rotatable bonds is 5. The van der Waals surface area contributed by atoms with Gasteiger partial charge in [-0.05, 0) is 99.4 Å². The number of fused-ring (bicyclic) bond motifs is 11. The van der Waals surface area contributed by atoms with Gasteiger partial charge < -0.3 is 13.9 Å². The molecule has 0 aliphatic carbocycles. The lowest BCUT2D eigenvalue weighted by atomic mass is 9.98. The highest BCUT2D eigenvalue weighted by Gasteiger charge is 2.23. The molecule has 3 heteroatoms. The molecule has 57 heavy (non-hydrogen) atoms. The number of nitrogens with zero attached hydrogens (tertiary/aromatic N) is 2. The van der Waals surface area contributed by atoms with Gasteiger partial charge in [0.15, 0.2) is 0 Å². The zero-order valence-corrected chi connectivity index (χ0v) is 30.9. The predicted molar refractivity (Wildman–Crippen MR) is 241 cm³/mol. The molecule has 2 heterocycles. The second kappa shape index (κ2) is 12.5. The minimum Gasteiger partial charge on any atom is -0.455 e. The molecule has 12 aromatic rings. The van der Waals surface area contributed by atoms with E-state index in [0.29, 0.717) is 0 Å². The van der Waals surface area contributed by atoms with Crippen molar-refractivity contribution in [1.82, 2.24) is 4.57 Å². The Bertz CT molecular complexity index is 3520. The van der Waals surface area contributed by atoms with E-state index < -0.39 is 0 Å². The van der Waals surface area contributed by atoms with Crippen LogP contribution in [-0.2, 0) is 0 Å². The van der Waals surface area contributed by atoms with Crippen molar-refractivity contribution in [2.75, 3.05) is 4.90 Å². The lowest BCUT2D eigenvalue weighted by Gasteiger charge is -2.28. The molecule has 10 aromatic carbocycles. The molecule has 12 rings (SSSR count). The van der Waals surface area contributed by atoms with Crippen LogP contribution in [0.2, 0.25) is 0 Å². The van der Waals surface area contributed by atoms with E-state index in [0.717, 1.165) is 50.1 Å². The van der Waals surface area contributed by atoms with Crippen molar-refractivity contribution in [3.63, 3.8) is 0 Å². The molecule has 266 valence electrons. The quantitative estimate of drug-likeness (QED) is 0.165. The molecule has 0 amide bonds. The Kier molecular flexibility index (Phi) is 6.93. The fourth-order valence-electron chi connectivity index (χ4n) is 9.16. The first-order valence-electron chi connectivity index (χ1n) is 19.5. The van der Waals surface area contributed by atoms with Crippen LogP contribution in [0.25, 0.3) is 92.9 Å². The monoisotopic (exact) mass is 726 g/mol. The SMILES string of the molecule is c1ccc(-n2c3ccccc3c3cc(-c4ccc(N(c5cc6ccccc6c6ccccc56)c5cccc6oc7c8ccccc8ccc7c56)cc4)ccc32)cc1. The van der Waals surface area contributed by atoms with Crippen molar-refractivity contribution in [2.24, 2.45) is 0 Å². The molecule has 0 saturated heterocycles. The van der Waals surface area contributed by atoms with Crippen LogP contribution in [0.4, 0.5) is 17.1 Å². The lowest BCUT2D eigenvalue weighted by Crippen LogP contribution is -2.11. The first kappa shape index (κ1) is 31.7. The van der Waals surface area contributed by atoms with E-state index in [4.69, 9.17) is 4.42 Å². The van der Waals surface area contributed by atoms with Gasteiger partial charge in [0.2, 0.25) is 0 Å². The summed E-state index contributed by atoms with van der Waals surface area (Å²) in [6.45, 7) is 0. The van der Waals surface area contributed by atoms with Crippen molar-refractivity contribution < 1.29 is 4.42 Å².